The second-order valence-electron chi connectivity index (χ2n) is 9.28. The molecule has 0 aliphatic carbocycles. The van der Waals surface area contributed by atoms with Crippen LogP contribution < -0.4 is 19.7 Å². The highest BCUT2D eigenvalue weighted by Crippen LogP contribution is 2.41. The molecule has 0 spiro atoms. The van der Waals surface area contributed by atoms with E-state index in [2.05, 4.69) is 10.6 Å². The number of hydrogen-bond donors (Lipinski definition) is 2. The predicted octanol–water partition coefficient (Wildman–Crippen LogP) is 4.25. The van der Waals surface area contributed by atoms with Gasteiger partial charge in [-0.25, -0.2) is 17.2 Å². The molecule has 3 aromatic carbocycles. The van der Waals surface area contributed by atoms with Gasteiger partial charge in [-0.15, -0.1) is 0 Å². The fraction of sp³-hybridized carbons (Fsp3) is 0.259. The summed E-state index contributed by atoms with van der Waals surface area (Å²) in [5.74, 6) is -2.59. The third-order valence-electron chi connectivity index (χ3n) is 6.20. The maximum Gasteiger partial charge on any atom is 0.416 e. The number of carbonyl (C=O) groups excluding carboxylic acids is 2. The number of benzene rings is 3. The minimum absolute atomic E-state index is 0.0264. The zero-order chi connectivity index (χ0) is 30.1. The fourth-order valence-electron chi connectivity index (χ4n) is 4.23. The number of nitrogens with zero attached hydrogens (tertiary/aromatic N) is 1. The number of anilines is 1. The summed E-state index contributed by atoms with van der Waals surface area (Å²) in [4.78, 5) is 23.0. The van der Waals surface area contributed by atoms with Crippen LogP contribution in [-0.2, 0) is 25.8 Å². The molecule has 0 fully saturated rings. The molecule has 0 bridgehead atoms. The van der Waals surface area contributed by atoms with Crippen LogP contribution in [0.3, 0.4) is 0 Å². The predicted molar refractivity (Wildman–Crippen MR) is 138 cm³/mol. The molecule has 0 aromatic heterocycles. The SMILES string of the molecule is CC(=O)NC(C)C(=O)NC[C@H]1CN(S(=O)(=O)c2cccc(C(F)(F)F)c2)c2cc(-c3cc(F)ccc3F)ccc2O1. The lowest BCUT2D eigenvalue weighted by atomic mass is 10.0. The van der Waals surface area contributed by atoms with E-state index in [1.807, 2.05) is 0 Å². The number of fused-ring (bicyclic) bond motifs is 1. The summed E-state index contributed by atoms with van der Waals surface area (Å²) >= 11 is 0. The molecule has 3 aromatic rings. The number of nitrogens with one attached hydrogen (secondary N) is 2. The first-order chi connectivity index (χ1) is 19.2. The Balaban J connectivity index is 1.74. The van der Waals surface area contributed by atoms with Gasteiger partial charge in [-0.3, -0.25) is 13.9 Å². The van der Waals surface area contributed by atoms with Crippen molar-refractivity contribution < 1.29 is 44.7 Å². The van der Waals surface area contributed by atoms with E-state index in [0.29, 0.717) is 6.07 Å². The van der Waals surface area contributed by atoms with Crippen LogP contribution in [0.5, 0.6) is 5.75 Å². The number of carbonyl (C=O) groups is 2. The van der Waals surface area contributed by atoms with E-state index in [0.717, 1.165) is 40.7 Å². The highest BCUT2D eigenvalue weighted by atomic mass is 32.2. The summed E-state index contributed by atoms with van der Waals surface area (Å²) in [5, 5.41) is 4.94. The molecular formula is C27H24F5N3O5S. The van der Waals surface area contributed by atoms with Gasteiger partial charge in [0.2, 0.25) is 11.8 Å². The Morgan fingerprint density at radius 3 is 2.49 bits per heavy atom. The van der Waals surface area contributed by atoms with Crippen LogP contribution in [0.15, 0.2) is 65.6 Å². The molecule has 2 N–H and O–H groups in total. The number of alkyl halides is 3. The van der Waals surface area contributed by atoms with Gasteiger partial charge in [-0.2, -0.15) is 13.2 Å². The molecular weight excluding hydrogens is 573 g/mol. The standard InChI is InChI=1S/C27H24F5N3O5S/c1-15(34-16(2)36)26(37)33-13-20-14-35(41(38,39)21-5-3-4-18(11-21)27(30,31)32)24-10-17(6-9-25(24)40-20)22-12-19(28)7-8-23(22)29/h3-12,15,20H,13-14H2,1-2H3,(H,33,37)(H,34,36)/t15?,20-/m0/s1. The third-order valence-corrected chi connectivity index (χ3v) is 7.97. The molecule has 2 atom stereocenters. The van der Waals surface area contributed by atoms with Crippen molar-refractivity contribution in [2.24, 2.45) is 0 Å². The topological polar surface area (TPSA) is 105 Å². The largest absolute Gasteiger partial charge is 0.484 e. The summed E-state index contributed by atoms with van der Waals surface area (Å²) in [6.45, 7) is 1.99. The summed E-state index contributed by atoms with van der Waals surface area (Å²) in [6, 6.07) is 8.92. The van der Waals surface area contributed by atoms with Gasteiger partial charge in [0.15, 0.2) is 0 Å². The van der Waals surface area contributed by atoms with Crippen molar-refractivity contribution in [2.45, 2.75) is 37.1 Å². The Morgan fingerprint density at radius 1 is 1.07 bits per heavy atom. The Bertz CT molecular complexity index is 1600. The molecule has 2 amide bonds. The Labute approximate surface area is 232 Å². The second-order valence-corrected chi connectivity index (χ2v) is 11.1. The maximum absolute atomic E-state index is 14.5. The van der Waals surface area contributed by atoms with Crippen LogP contribution in [0.4, 0.5) is 27.6 Å². The number of halogens is 5. The lowest BCUT2D eigenvalue weighted by Crippen LogP contribution is -2.51. The van der Waals surface area contributed by atoms with E-state index >= 15 is 0 Å². The second kappa shape index (κ2) is 11.4. The van der Waals surface area contributed by atoms with Crippen LogP contribution in [0.1, 0.15) is 19.4 Å². The number of rotatable bonds is 7. The van der Waals surface area contributed by atoms with E-state index in [4.69, 9.17) is 4.74 Å². The smallest absolute Gasteiger partial charge is 0.416 e. The van der Waals surface area contributed by atoms with Crippen LogP contribution in [0.25, 0.3) is 11.1 Å². The average molecular weight is 598 g/mol. The van der Waals surface area contributed by atoms with E-state index in [1.165, 1.54) is 32.0 Å². The summed E-state index contributed by atoms with van der Waals surface area (Å²) in [7, 11) is -4.66. The minimum atomic E-state index is -4.81. The lowest BCUT2D eigenvalue weighted by Gasteiger charge is -2.36. The Kier molecular flexibility index (Phi) is 8.24. The maximum atomic E-state index is 14.5. The van der Waals surface area contributed by atoms with Crippen molar-refractivity contribution >= 4 is 27.5 Å². The molecule has 218 valence electrons. The first-order valence-corrected chi connectivity index (χ1v) is 13.6. The van der Waals surface area contributed by atoms with Gasteiger partial charge in [0, 0.05) is 12.5 Å². The number of sulfonamides is 1. The van der Waals surface area contributed by atoms with Crippen LogP contribution in [-0.4, -0.2) is 45.5 Å². The quantitative estimate of drug-likeness (QED) is 0.397. The van der Waals surface area contributed by atoms with E-state index in [9.17, 15) is 40.0 Å². The monoisotopic (exact) mass is 597 g/mol. The molecule has 0 saturated heterocycles. The molecule has 0 saturated carbocycles. The molecule has 14 heteroatoms. The number of amides is 2. The first kappa shape index (κ1) is 29.8. The Morgan fingerprint density at radius 2 is 1.80 bits per heavy atom. The first-order valence-electron chi connectivity index (χ1n) is 12.2. The summed E-state index contributed by atoms with van der Waals surface area (Å²) in [6.07, 6.45) is -5.82. The molecule has 4 rings (SSSR count). The molecule has 1 aliphatic heterocycles. The van der Waals surface area contributed by atoms with E-state index < -0.39 is 68.8 Å². The summed E-state index contributed by atoms with van der Waals surface area (Å²) in [5.41, 5.74) is -1.40. The zero-order valence-corrected chi connectivity index (χ0v) is 22.4. The molecule has 0 radical (unpaired) electrons. The van der Waals surface area contributed by atoms with Gasteiger partial charge in [-0.1, -0.05) is 12.1 Å². The van der Waals surface area contributed by atoms with Gasteiger partial charge in [0.25, 0.3) is 10.0 Å². The van der Waals surface area contributed by atoms with Gasteiger partial charge in [-0.05, 0) is 61.0 Å². The highest BCUT2D eigenvalue weighted by molar-refractivity contribution is 7.92. The molecule has 1 aliphatic rings. The van der Waals surface area contributed by atoms with Gasteiger partial charge in [0.05, 0.1) is 29.2 Å². The van der Waals surface area contributed by atoms with Crippen LogP contribution in [0, 0.1) is 11.6 Å². The molecule has 1 unspecified atom stereocenters. The van der Waals surface area contributed by atoms with Gasteiger partial charge < -0.3 is 15.4 Å². The van der Waals surface area contributed by atoms with Crippen molar-refractivity contribution in [2.75, 3.05) is 17.4 Å². The highest BCUT2D eigenvalue weighted by Gasteiger charge is 2.37. The fourth-order valence-corrected chi connectivity index (χ4v) is 5.78. The number of hydrogen-bond acceptors (Lipinski definition) is 5. The van der Waals surface area contributed by atoms with Gasteiger partial charge in [0.1, 0.15) is 29.5 Å². The van der Waals surface area contributed by atoms with Crippen LogP contribution in [0.2, 0.25) is 0 Å². The van der Waals surface area contributed by atoms with Crippen molar-refractivity contribution in [3.05, 3.63) is 77.9 Å². The Hall–Kier alpha value is -4.20. The molecule has 1 heterocycles. The lowest BCUT2D eigenvalue weighted by molar-refractivity contribution is -0.137. The van der Waals surface area contributed by atoms with Crippen LogP contribution >= 0.6 is 0 Å². The molecule has 8 nitrogen and oxygen atoms in total. The molecule has 41 heavy (non-hydrogen) atoms. The zero-order valence-electron chi connectivity index (χ0n) is 21.6. The third kappa shape index (κ3) is 6.59. The van der Waals surface area contributed by atoms with Gasteiger partial charge >= 0.3 is 6.18 Å². The van der Waals surface area contributed by atoms with Crippen molar-refractivity contribution in [3.63, 3.8) is 0 Å². The average Bonchev–Trinajstić information content (AvgIpc) is 2.91. The van der Waals surface area contributed by atoms with Crippen molar-refractivity contribution in [1.82, 2.24) is 10.6 Å². The minimum Gasteiger partial charge on any atom is -0.484 e. The number of ether oxygens (including phenoxy) is 1. The van der Waals surface area contributed by atoms with E-state index in [1.54, 1.807) is 0 Å². The van der Waals surface area contributed by atoms with Crippen molar-refractivity contribution in [3.8, 4) is 16.9 Å². The van der Waals surface area contributed by atoms with E-state index in [-0.39, 0.29) is 29.1 Å². The van der Waals surface area contributed by atoms with Crippen molar-refractivity contribution in [1.29, 1.82) is 0 Å². The summed E-state index contributed by atoms with van der Waals surface area (Å²) < 4.78 is 103. The normalized spacial score (nSPS) is 15.9.